The molecule has 1 unspecified atom stereocenters. The van der Waals surface area contributed by atoms with Gasteiger partial charge in [-0.3, -0.25) is 9.59 Å². The van der Waals surface area contributed by atoms with Gasteiger partial charge in [-0.25, -0.2) is 0 Å². The quantitative estimate of drug-likeness (QED) is 0.809. The zero-order valence-corrected chi connectivity index (χ0v) is 14.6. The Hall–Kier alpha value is -2.14. The molecule has 0 heterocycles. The summed E-state index contributed by atoms with van der Waals surface area (Å²) in [5.41, 5.74) is 0.742. The van der Waals surface area contributed by atoms with E-state index in [2.05, 4.69) is 5.32 Å². The maximum atomic E-state index is 12.5. The van der Waals surface area contributed by atoms with Gasteiger partial charge in [0, 0.05) is 30.2 Å². The van der Waals surface area contributed by atoms with Crippen molar-refractivity contribution >= 4 is 11.8 Å². The lowest BCUT2D eigenvalue weighted by Crippen LogP contribution is -2.50. The van der Waals surface area contributed by atoms with Gasteiger partial charge < -0.3 is 15.2 Å². The molecular weight excluding hydrogens is 306 g/mol. The summed E-state index contributed by atoms with van der Waals surface area (Å²) in [6, 6.07) is 9.33. The van der Waals surface area contributed by atoms with Crippen molar-refractivity contribution in [2.75, 3.05) is 13.7 Å². The molecule has 1 aromatic carbocycles. The molecule has 0 saturated carbocycles. The first-order valence-corrected chi connectivity index (χ1v) is 8.16. The second kappa shape index (κ2) is 7.18. The van der Waals surface area contributed by atoms with Crippen molar-refractivity contribution < 1.29 is 19.4 Å². The molecule has 0 amide bonds. The third-order valence-electron chi connectivity index (χ3n) is 4.56. The minimum absolute atomic E-state index is 0.107. The van der Waals surface area contributed by atoms with E-state index in [0.717, 1.165) is 5.56 Å². The minimum Gasteiger partial charge on any atom is -0.469 e. The summed E-state index contributed by atoms with van der Waals surface area (Å²) in [6.45, 7) is 5.69. The first-order valence-electron chi connectivity index (χ1n) is 8.16. The third kappa shape index (κ3) is 3.36. The smallest absolute Gasteiger partial charge is 0.312 e. The van der Waals surface area contributed by atoms with E-state index in [1.807, 2.05) is 37.3 Å². The fourth-order valence-corrected chi connectivity index (χ4v) is 3.62. The molecule has 2 N–H and O–H groups in total. The molecule has 0 radical (unpaired) electrons. The van der Waals surface area contributed by atoms with Crippen LogP contribution in [0.5, 0.6) is 0 Å². The molecule has 1 aromatic rings. The Morgan fingerprint density at radius 1 is 1.33 bits per heavy atom. The number of carbonyl (C=O) groups excluding carboxylic acids is 2. The Morgan fingerprint density at radius 2 is 1.96 bits per heavy atom. The number of hydrogen-bond acceptors (Lipinski definition) is 5. The van der Waals surface area contributed by atoms with Crippen LogP contribution in [-0.2, 0) is 14.3 Å². The number of ketones is 1. The molecule has 2 rings (SSSR count). The third-order valence-corrected chi connectivity index (χ3v) is 4.56. The van der Waals surface area contributed by atoms with Gasteiger partial charge in [0.1, 0.15) is 0 Å². The Bertz CT molecular complexity index is 649. The second-order valence-electron chi connectivity index (χ2n) is 6.40. The predicted molar refractivity (Wildman–Crippen MR) is 91.3 cm³/mol. The van der Waals surface area contributed by atoms with Gasteiger partial charge in [-0.05, 0) is 26.3 Å². The van der Waals surface area contributed by atoms with Gasteiger partial charge in [0.25, 0.3) is 0 Å². The van der Waals surface area contributed by atoms with E-state index in [-0.39, 0.29) is 12.2 Å². The molecule has 3 atom stereocenters. The second-order valence-corrected chi connectivity index (χ2v) is 6.40. The van der Waals surface area contributed by atoms with Crippen LogP contribution in [0.25, 0.3) is 0 Å². The van der Waals surface area contributed by atoms with Gasteiger partial charge in [-0.15, -0.1) is 0 Å². The van der Waals surface area contributed by atoms with E-state index < -0.39 is 23.4 Å². The molecule has 130 valence electrons. The number of Topliss-reactive ketones (excluding diaryl/α,β-unsaturated/α-hetero) is 1. The van der Waals surface area contributed by atoms with Crippen molar-refractivity contribution in [1.82, 2.24) is 5.32 Å². The molecule has 0 bridgehead atoms. The molecule has 0 saturated heterocycles. The number of nitrogens with one attached hydrogen (secondary N) is 1. The molecule has 0 aliphatic heterocycles. The van der Waals surface area contributed by atoms with Crippen LogP contribution in [-0.4, -0.2) is 36.1 Å². The largest absolute Gasteiger partial charge is 0.469 e. The highest BCUT2D eigenvalue weighted by Gasteiger charge is 2.51. The predicted octanol–water partition coefficient (Wildman–Crippen LogP) is 2.17. The Labute approximate surface area is 142 Å². The number of aliphatic hydroxyl groups is 1. The van der Waals surface area contributed by atoms with Gasteiger partial charge in [-0.1, -0.05) is 30.3 Å². The van der Waals surface area contributed by atoms with Gasteiger partial charge in [-0.2, -0.15) is 0 Å². The molecule has 0 aromatic heterocycles. The van der Waals surface area contributed by atoms with Crippen LogP contribution < -0.4 is 5.32 Å². The number of ether oxygens (including phenoxy) is 1. The van der Waals surface area contributed by atoms with Gasteiger partial charge in [0.15, 0.2) is 5.78 Å². The average molecular weight is 331 g/mol. The number of methoxy groups -OCH3 is 1. The summed E-state index contributed by atoms with van der Waals surface area (Å²) in [5, 5.41) is 14.2. The fourth-order valence-electron chi connectivity index (χ4n) is 3.62. The number of allylic oxidation sites excluding steroid dienone is 1. The van der Waals surface area contributed by atoms with Crippen LogP contribution in [0.4, 0.5) is 0 Å². The van der Waals surface area contributed by atoms with E-state index >= 15 is 0 Å². The van der Waals surface area contributed by atoms with Gasteiger partial charge in [0.05, 0.1) is 18.6 Å². The topological polar surface area (TPSA) is 75.6 Å². The van der Waals surface area contributed by atoms with E-state index in [1.54, 1.807) is 6.92 Å². The number of rotatable bonds is 5. The Morgan fingerprint density at radius 3 is 2.46 bits per heavy atom. The SMILES string of the molecule is CCNC1=C(C(C)=O)[C@H](c2ccccc2)C(C(=O)OC)[C@@](C)(O)C1. The van der Waals surface area contributed by atoms with Crippen LogP contribution in [0.1, 0.15) is 38.7 Å². The molecule has 5 heteroatoms. The number of esters is 1. The first-order chi connectivity index (χ1) is 11.3. The highest BCUT2D eigenvalue weighted by atomic mass is 16.5. The molecule has 5 nitrogen and oxygen atoms in total. The van der Waals surface area contributed by atoms with E-state index in [1.165, 1.54) is 14.0 Å². The maximum absolute atomic E-state index is 12.5. The summed E-state index contributed by atoms with van der Waals surface area (Å²) >= 11 is 0. The number of hydrogen-bond donors (Lipinski definition) is 2. The zero-order valence-electron chi connectivity index (χ0n) is 14.6. The van der Waals surface area contributed by atoms with E-state index in [0.29, 0.717) is 17.8 Å². The van der Waals surface area contributed by atoms with E-state index in [9.17, 15) is 14.7 Å². The lowest BCUT2D eigenvalue weighted by atomic mass is 9.65. The summed E-state index contributed by atoms with van der Waals surface area (Å²) in [7, 11) is 1.30. The number of benzene rings is 1. The highest BCUT2D eigenvalue weighted by molar-refractivity contribution is 5.97. The maximum Gasteiger partial charge on any atom is 0.312 e. The molecule has 0 spiro atoms. The number of carbonyl (C=O) groups is 2. The summed E-state index contributed by atoms with van der Waals surface area (Å²) in [5.74, 6) is -2.01. The fraction of sp³-hybridized carbons (Fsp3) is 0.474. The van der Waals surface area contributed by atoms with Crippen molar-refractivity contribution in [3.8, 4) is 0 Å². The van der Waals surface area contributed by atoms with Crippen molar-refractivity contribution in [1.29, 1.82) is 0 Å². The standard InChI is InChI=1S/C19H25NO4/c1-5-20-14-11-19(3,23)17(18(22)24-4)16(15(14)12(2)21)13-9-7-6-8-10-13/h6-10,16-17,20,23H,5,11H2,1-4H3/t16-,17?,19-/m0/s1. The van der Waals surface area contributed by atoms with E-state index in [4.69, 9.17) is 4.74 Å². The molecular formula is C19H25NO4. The Balaban J connectivity index is 2.71. The zero-order chi connectivity index (χ0) is 17.9. The normalized spacial score (nSPS) is 26.9. The van der Waals surface area contributed by atoms with Gasteiger partial charge >= 0.3 is 5.97 Å². The first kappa shape index (κ1) is 18.2. The van der Waals surface area contributed by atoms with Crippen molar-refractivity contribution in [3.63, 3.8) is 0 Å². The molecule has 24 heavy (non-hydrogen) atoms. The lowest BCUT2D eigenvalue weighted by Gasteiger charge is -2.43. The Kier molecular flexibility index (Phi) is 5.44. The van der Waals surface area contributed by atoms with Crippen LogP contribution in [0, 0.1) is 5.92 Å². The van der Waals surface area contributed by atoms with Crippen molar-refractivity contribution in [2.24, 2.45) is 5.92 Å². The highest BCUT2D eigenvalue weighted by Crippen LogP contribution is 2.47. The summed E-state index contributed by atoms with van der Waals surface area (Å²) < 4.78 is 4.95. The summed E-state index contributed by atoms with van der Waals surface area (Å²) in [6.07, 6.45) is 0.207. The van der Waals surface area contributed by atoms with Crippen LogP contribution in [0.2, 0.25) is 0 Å². The summed E-state index contributed by atoms with van der Waals surface area (Å²) in [4.78, 5) is 24.9. The van der Waals surface area contributed by atoms with Crippen LogP contribution in [0.15, 0.2) is 41.6 Å². The van der Waals surface area contributed by atoms with Crippen LogP contribution >= 0.6 is 0 Å². The lowest BCUT2D eigenvalue weighted by molar-refractivity contribution is -0.156. The average Bonchev–Trinajstić information content (AvgIpc) is 2.53. The molecule has 1 aliphatic rings. The molecule has 1 aliphatic carbocycles. The van der Waals surface area contributed by atoms with Gasteiger partial charge in [0.2, 0.25) is 0 Å². The van der Waals surface area contributed by atoms with Crippen molar-refractivity contribution in [2.45, 2.75) is 38.7 Å². The minimum atomic E-state index is -1.32. The van der Waals surface area contributed by atoms with Crippen LogP contribution in [0.3, 0.4) is 0 Å². The molecule has 0 fully saturated rings. The van der Waals surface area contributed by atoms with Crippen molar-refractivity contribution in [3.05, 3.63) is 47.2 Å². The monoisotopic (exact) mass is 331 g/mol.